The largest absolute Gasteiger partial charge is 0.386 e. The maximum Gasteiger partial charge on any atom is 0.100 e. The molecule has 3 nitrogen and oxygen atoms in total. The number of nitrogens with one attached hydrogen (secondary N) is 1. The fourth-order valence-corrected chi connectivity index (χ4v) is 0.971. The van der Waals surface area contributed by atoms with Crippen molar-refractivity contribution in [1.29, 1.82) is 0 Å². The van der Waals surface area contributed by atoms with E-state index < -0.39 is 5.60 Å². The summed E-state index contributed by atoms with van der Waals surface area (Å²) in [6, 6.07) is 0.120. The first-order valence-corrected chi connectivity index (χ1v) is 3.66. The van der Waals surface area contributed by atoms with Gasteiger partial charge in [0.15, 0.2) is 0 Å². The minimum Gasteiger partial charge on any atom is -0.386 e. The molecule has 1 aliphatic rings. The van der Waals surface area contributed by atoms with Gasteiger partial charge in [0.05, 0.1) is 13.2 Å². The predicted octanol–water partition coefficient (Wildman–Crippen LogP) is -0.254. The second-order valence-electron chi connectivity index (χ2n) is 3.09. The van der Waals surface area contributed by atoms with Gasteiger partial charge in [0, 0.05) is 12.6 Å². The van der Waals surface area contributed by atoms with Crippen molar-refractivity contribution in [3.05, 3.63) is 0 Å². The van der Waals surface area contributed by atoms with Crippen LogP contribution in [-0.2, 0) is 4.74 Å². The smallest absolute Gasteiger partial charge is 0.100 e. The summed E-state index contributed by atoms with van der Waals surface area (Å²) in [4.78, 5) is 0. The molecule has 0 aliphatic carbocycles. The Hall–Kier alpha value is -0.120. The number of ether oxygens (including phenoxy) is 1. The molecule has 1 saturated heterocycles. The number of hydrogen-bond donors (Lipinski definition) is 2. The van der Waals surface area contributed by atoms with E-state index in [0.29, 0.717) is 13.2 Å². The molecule has 2 N–H and O–H groups in total. The van der Waals surface area contributed by atoms with Gasteiger partial charge < -0.3 is 15.2 Å². The summed E-state index contributed by atoms with van der Waals surface area (Å²) in [7, 11) is 0. The SMILES string of the molecule is CC1NCCOCC1(C)O. The standard InChI is InChI=1S/C7H15NO2/c1-6-7(2,9)5-10-4-3-8-6/h6,8-9H,3-5H2,1-2H3. The summed E-state index contributed by atoms with van der Waals surface area (Å²) in [6.07, 6.45) is 0. The van der Waals surface area contributed by atoms with Crippen LogP contribution < -0.4 is 5.32 Å². The topological polar surface area (TPSA) is 41.5 Å². The van der Waals surface area contributed by atoms with Gasteiger partial charge in [-0.2, -0.15) is 0 Å². The van der Waals surface area contributed by atoms with Gasteiger partial charge in [-0.1, -0.05) is 0 Å². The maximum atomic E-state index is 9.64. The Morgan fingerprint density at radius 2 is 2.40 bits per heavy atom. The monoisotopic (exact) mass is 145 g/mol. The zero-order valence-electron chi connectivity index (χ0n) is 6.55. The lowest BCUT2D eigenvalue weighted by Gasteiger charge is -2.27. The second-order valence-corrected chi connectivity index (χ2v) is 3.09. The Morgan fingerprint density at radius 1 is 1.70 bits per heavy atom. The van der Waals surface area contributed by atoms with Crippen LogP contribution in [0.4, 0.5) is 0 Å². The second kappa shape index (κ2) is 2.86. The molecule has 0 radical (unpaired) electrons. The highest BCUT2D eigenvalue weighted by Gasteiger charge is 2.29. The van der Waals surface area contributed by atoms with E-state index in [9.17, 15) is 5.11 Å². The molecular formula is C7H15NO2. The first-order chi connectivity index (χ1) is 4.63. The molecule has 0 spiro atoms. The molecule has 60 valence electrons. The Morgan fingerprint density at radius 3 is 3.10 bits per heavy atom. The van der Waals surface area contributed by atoms with Crippen molar-refractivity contribution in [3.8, 4) is 0 Å². The van der Waals surface area contributed by atoms with Crippen LogP contribution in [-0.4, -0.2) is 36.5 Å². The Kier molecular flexibility index (Phi) is 2.28. The summed E-state index contributed by atoms with van der Waals surface area (Å²) >= 11 is 0. The summed E-state index contributed by atoms with van der Waals surface area (Å²) < 4.78 is 5.17. The van der Waals surface area contributed by atoms with Crippen LogP contribution in [0, 0.1) is 0 Å². The fraction of sp³-hybridized carbons (Fsp3) is 1.00. The van der Waals surface area contributed by atoms with Crippen molar-refractivity contribution in [2.45, 2.75) is 25.5 Å². The molecule has 0 aromatic rings. The highest BCUT2D eigenvalue weighted by molar-refractivity contribution is 4.85. The summed E-state index contributed by atoms with van der Waals surface area (Å²) in [5.74, 6) is 0. The molecule has 1 rings (SSSR count). The molecule has 0 bridgehead atoms. The van der Waals surface area contributed by atoms with Gasteiger partial charge in [-0.3, -0.25) is 0 Å². The maximum absolute atomic E-state index is 9.64. The lowest BCUT2D eigenvalue weighted by atomic mass is 10.00. The molecule has 2 unspecified atom stereocenters. The minimum absolute atomic E-state index is 0.120. The van der Waals surface area contributed by atoms with Crippen LogP contribution in [0.3, 0.4) is 0 Å². The van der Waals surface area contributed by atoms with Gasteiger partial charge in [-0.15, -0.1) is 0 Å². The van der Waals surface area contributed by atoms with Crippen molar-refractivity contribution >= 4 is 0 Å². The van der Waals surface area contributed by atoms with Crippen LogP contribution in [0.1, 0.15) is 13.8 Å². The van der Waals surface area contributed by atoms with Crippen molar-refractivity contribution in [2.24, 2.45) is 0 Å². The van der Waals surface area contributed by atoms with Crippen molar-refractivity contribution in [3.63, 3.8) is 0 Å². The Labute approximate surface area is 61.4 Å². The van der Waals surface area contributed by atoms with Gasteiger partial charge in [0.25, 0.3) is 0 Å². The van der Waals surface area contributed by atoms with Crippen LogP contribution in [0.15, 0.2) is 0 Å². The molecule has 0 aromatic carbocycles. The molecule has 0 amide bonds. The van der Waals surface area contributed by atoms with Crippen molar-refractivity contribution in [1.82, 2.24) is 5.32 Å². The molecule has 2 atom stereocenters. The van der Waals surface area contributed by atoms with E-state index in [-0.39, 0.29) is 6.04 Å². The van der Waals surface area contributed by atoms with E-state index >= 15 is 0 Å². The van der Waals surface area contributed by atoms with Crippen LogP contribution in [0.25, 0.3) is 0 Å². The molecule has 1 heterocycles. The van der Waals surface area contributed by atoms with E-state index in [1.807, 2.05) is 6.92 Å². The zero-order chi connectivity index (χ0) is 7.61. The molecule has 1 fully saturated rings. The van der Waals surface area contributed by atoms with E-state index in [1.165, 1.54) is 0 Å². The van der Waals surface area contributed by atoms with Crippen LogP contribution in [0.2, 0.25) is 0 Å². The zero-order valence-corrected chi connectivity index (χ0v) is 6.55. The third-order valence-corrected chi connectivity index (χ3v) is 2.02. The van der Waals surface area contributed by atoms with Gasteiger partial charge in [0.2, 0.25) is 0 Å². The van der Waals surface area contributed by atoms with Gasteiger partial charge >= 0.3 is 0 Å². The highest BCUT2D eigenvalue weighted by Crippen LogP contribution is 2.11. The predicted molar refractivity (Wildman–Crippen MR) is 38.9 cm³/mol. The average Bonchev–Trinajstić information content (AvgIpc) is 1.96. The summed E-state index contributed by atoms with van der Waals surface area (Å²) in [5, 5.41) is 12.8. The number of aliphatic hydroxyl groups is 1. The average molecular weight is 145 g/mol. The van der Waals surface area contributed by atoms with Gasteiger partial charge in [-0.25, -0.2) is 0 Å². The quantitative estimate of drug-likeness (QED) is 0.493. The third kappa shape index (κ3) is 1.68. The number of rotatable bonds is 0. The van der Waals surface area contributed by atoms with E-state index in [0.717, 1.165) is 6.54 Å². The highest BCUT2D eigenvalue weighted by atomic mass is 16.5. The van der Waals surface area contributed by atoms with Crippen LogP contribution >= 0.6 is 0 Å². The molecule has 3 heteroatoms. The van der Waals surface area contributed by atoms with E-state index in [1.54, 1.807) is 6.92 Å². The molecule has 0 aromatic heterocycles. The molecular weight excluding hydrogens is 130 g/mol. The molecule has 0 saturated carbocycles. The van der Waals surface area contributed by atoms with E-state index in [2.05, 4.69) is 5.32 Å². The summed E-state index contributed by atoms with van der Waals surface area (Å²) in [6.45, 7) is 5.71. The Balaban J connectivity index is 2.52. The molecule has 10 heavy (non-hydrogen) atoms. The van der Waals surface area contributed by atoms with Gasteiger partial charge in [0.1, 0.15) is 5.60 Å². The lowest BCUT2D eigenvalue weighted by molar-refractivity contribution is -0.0332. The van der Waals surface area contributed by atoms with E-state index in [4.69, 9.17) is 4.74 Å². The lowest BCUT2D eigenvalue weighted by Crippen LogP contribution is -2.47. The first kappa shape index (κ1) is 7.98. The Bertz CT molecular complexity index is 114. The first-order valence-electron chi connectivity index (χ1n) is 3.66. The van der Waals surface area contributed by atoms with Crippen LogP contribution in [0.5, 0.6) is 0 Å². The fourth-order valence-electron chi connectivity index (χ4n) is 0.971. The van der Waals surface area contributed by atoms with Crippen molar-refractivity contribution in [2.75, 3.05) is 19.8 Å². The van der Waals surface area contributed by atoms with Crippen molar-refractivity contribution < 1.29 is 9.84 Å². The molecule has 1 aliphatic heterocycles. The number of hydrogen-bond acceptors (Lipinski definition) is 3. The third-order valence-electron chi connectivity index (χ3n) is 2.02. The minimum atomic E-state index is -0.712. The van der Waals surface area contributed by atoms with Gasteiger partial charge in [-0.05, 0) is 13.8 Å². The normalized spacial score (nSPS) is 42.9. The summed E-state index contributed by atoms with van der Waals surface area (Å²) in [5.41, 5.74) is -0.712.